The summed E-state index contributed by atoms with van der Waals surface area (Å²) in [6, 6.07) is 23.4. The van der Waals surface area contributed by atoms with Gasteiger partial charge in [-0.3, -0.25) is 19.7 Å². The predicted molar refractivity (Wildman–Crippen MR) is 223 cm³/mol. The molecule has 3 atom stereocenters. The lowest BCUT2D eigenvalue weighted by molar-refractivity contribution is -0.249. The first-order chi connectivity index (χ1) is 28.3. The summed E-state index contributed by atoms with van der Waals surface area (Å²) in [4.78, 5) is 52.2. The van der Waals surface area contributed by atoms with Crippen LogP contribution in [0.25, 0.3) is 21.8 Å². The summed E-state index contributed by atoms with van der Waals surface area (Å²) in [7, 11) is 0. The number of carbonyl (C=O) groups excluding carboxylic acids is 3. The second-order valence-corrected chi connectivity index (χ2v) is 17.7. The zero-order valence-electron chi connectivity index (χ0n) is 34.0. The van der Waals surface area contributed by atoms with Gasteiger partial charge in [0.15, 0.2) is 0 Å². The zero-order chi connectivity index (χ0) is 41.1. The Morgan fingerprint density at radius 2 is 1.47 bits per heavy atom. The lowest BCUT2D eigenvalue weighted by Gasteiger charge is -2.51. The highest BCUT2D eigenvalue weighted by Gasteiger charge is 2.46. The van der Waals surface area contributed by atoms with Crippen LogP contribution in [0, 0.1) is 0 Å². The fourth-order valence-electron chi connectivity index (χ4n) is 9.80. The number of amides is 3. The number of para-hydroxylation sites is 2. The van der Waals surface area contributed by atoms with Crippen LogP contribution in [0.2, 0.25) is 0 Å². The largest absolute Gasteiger partial charge is 0.357 e. The summed E-state index contributed by atoms with van der Waals surface area (Å²) in [5.74, 6) is -0.913. The van der Waals surface area contributed by atoms with E-state index in [4.69, 9.17) is 0 Å². The molecule has 6 heterocycles. The molecule has 6 N–H and O–H groups in total. The number of nitrogens with zero attached hydrogens (tertiary/aromatic N) is 5. The highest BCUT2D eigenvalue weighted by molar-refractivity contribution is 5.96. The molecule has 1 saturated heterocycles. The first-order valence-electron chi connectivity index (χ1n) is 20.6. The van der Waals surface area contributed by atoms with Gasteiger partial charge in [0, 0.05) is 63.7 Å². The van der Waals surface area contributed by atoms with Gasteiger partial charge in [-0.25, -0.2) is 4.68 Å². The summed E-state index contributed by atoms with van der Waals surface area (Å²) in [5.41, 5.74) is 6.63. The van der Waals surface area contributed by atoms with Gasteiger partial charge in [-0.2, -0.15) is 5.06 Å². The molecule has 9 rings (SSSR count). The van der Waals surface area contributed by atoms with E-state index >= 15 is 0 Å². The summed E-state index contributed by atoms with van der Waals surface area (Å²) in [6.45, 7) is 8.89. The maximum atomic E-state index is 14.7. The normalized spacial score (nSPS) is 20.9. The molecule has 306 valence electrons. The molecule has 0 aliphatic carbocycles. The molecule has 6 aromatic rings. The average Bonchev–Trinajstić information content (AvgIpc) is 3.96. The molecule has 3 aromatic heterocycles. The number of H-pyrrole nitrogens is 2. The van der Waals surface area contributed by atoms with Crippen LogP contribution in [0.3, 0.4) is 0 Å². The van der Waals surface area contributed by atoms with Gasteiger partial charge >= 0.3 is 0 Å². The van der Waals surface area contributed by atoms with Crippen molar-refractivity contribution in [3.63, 3.8) is 0 Å². The Bertz CT molecular complexity index is 2520. The van der Waals surface area contributed by atoms with E-state index in [1.165, 1.54) is 5.06 Å². The lowest BCUT2D eigenvalue weighted by atomic mass is 9.79. The molecular formula is C45H52N10O4. The second kappa shape index (κ2) is 15.1. The molecule has 0 unspecified atom stereocenters. The number of carbonyl (C=O) groups is 3. The molecule has 14 nitrogen and oxygen atoms in total. The van der Waals surface area contributed by atoms with Gasteiger partial charge in [0.2, 0.25) is 17.7 Å². The van der Waals surface area contributed by atoms with Gasteiger partial charge in [0.1, 0.15) is 17.8 Å². The van der Waals surface area contributed by atoms with Crippen molar-refractivity contribution in [3.8, 4) is 0 Å². The first-order valence-corrected chi connectivity index (χ1v) is 20.6. The van der Waals surface area contributed by atoms with Gasteiger partial charge < -0.3 is 30.7 Å². The smallest absolute Gasteiger partial charge is 0.243 e. The quantitative estimate of drug-likeness (QED) is 0.121. The van der Waals surface area contributed by atoms with E-state index in [0.29, 0.717) is 37.9 Å². The number of hydrogen-bond donors (Lipinski definition) is 6. The van der Waals surface area contributed by atoms with E-state index in [9.17, 15) is 19.6 Å². The number of benzene rings is 3. The highest BCUT2D eigenvalue weighted by Crippen LogP contribution is 2.42. The number of fused-ring (bicyclic) bond motifs is 6. The Morgan fingerprint density at radius 3 is 2.17 bits per heavy atom. The van der Waals surface area contributed by atoms with Gasteiger partial charge in [0.05, 0.1) is 31.4 Å². The standard InChI is InChI=1S/C45H52N10O4/c1-44(2)21-29(22-45(3,4)55(44)59)54-25-28(51-52-54)23-47-41(56)36(18-27-12-6-5-7-13-27)50-42(57)40-20-33-31-15-9-11-17-35(31)49-39(33)26-53(40)43(58)37-19-32-30-14-8-10-16-34(30)48-38(32)24-46-37/h5-17,25,29,36-37,40,46,48-49,59H,18-24,26H2,1-4H3,(H,47,56)(H,50,57)/t36-,37+,40+/m1/s1. The minimum absolute atomic E-state index is 0.0116. The minimum Gasteiger partial charge on any atom is -0.357 e. The number of hydrogen-bond acceptors (Lipinski definition) is 8. The summed E-state index contributed by atoms with van der Waals surface area (Å²) >= 11 is 0. The lowest BCUT2D eigenvalue weighted by Crippen LogP contribution is -2.60. The maximum Gasteiger partial charge on any atom is 0.243 e. The summed E-state index contributed by atoms with van der Waals surface area (Å²) in [6.07, 6.45) is 4.24. The molecular weight excluding hydrogens is 745 g/mol. The number of piperidine rings is 1. The number of aromatic amines is 2. The van der Waals surface area contributed by atoms with Crippen molar-refractivity contribution in [2.45, 2.75) is 115 Å². The highest BCUT2D eigenvalue weighted by atomic mass is 16.5. The Balaban J connectivity index is 0.956. The van der Waals surface area contributed by atoms with E-state index in [1.807, 2.05) is 111 Å². The van der Waals surface area contributed by atoms with Crippen LogP contribution < -0.4 is 16.0 Å². The van der Waals surface area contributed by atoms with Crippen molar-refractivity contribution in [2.75, 3.05) is 0 Å². The Hall–Kier alpha value is -5.83. The van der Waals surface area contributed by atoms with Crippen molar-refractivity contribution < 1.29 is 19.6 Å². The second-order valence-electron chi connectivity index (χ2n) is 17.7. The Morgan fingerprint density at radius 1 is 0.847 bits per heavy atom. The van der Waals surface area contributed by atoms with Crippen molar-refractivity contribution in [1.82, 2.24) is 50.9 Å². The predicted octanol–water partition coefficient (Wildman–Crippen LogP) is 4.84. The summed E-state index contributed by atoms with van der Waals surface area (Å²) < 4.78 is 1.83. The molecule has 0 bridgehead atoms. The molecule has 0 saturated carbocycles. The van der Waals surface area contributed by atoms with E-state index < -0.39 is 29.2 Å². The Labute approximate surface area is 342 Å². The van der Waals surface area contributed by atoms with E-state index in [1.54, 1.807) is 4.90 Å². The zero-order valence-corrected chi connectivity index (χ0v) is 34.0. The van der Waals surface area contributed by atoms with Gasteiger partial charge in [0.25, 0.3) is 0 Å². The van der Waals surface area contributed by atoms with Crippen LogP contribution in [-0.2, 0) is 53.3 Å². The fourth-order valence-corrected chi connectivity index (χ4v) is 9.80. The molecule has 3 aliphatic heterocycles. The Kier molecular flexibility index (Phi) is 9.89. The monoisotopic (exact) mass is 796 g/mol. The average molecular weight is 797 g/mol. The van der Waals surface area contributed by atoms with E-state index in [0.717, 1.165) is 49.9 Å². The molecule has 59 heavy (non-hydrogen) atoms. The first kappa shape index (κ1) is 38.7. The van der Waals surface area contributed by atoms with Crippen LogP contribution in [0.5, 0.6) is 0 Å². The van der Waals surface area contributed by atoms with Crippen molar-refractivity contribution in [3.05, 3.63) is 119 Å². The van der Waals surface area contributed by atoms with Crippen LogP contribution in [0.4, 0.5) is 0 Å². The van der Waals surface area contributed by atoms with Crippen LogP contribution in [0.15, 0.2) is 85.1 Å². The van der Waals surface area contributed by atoms with Crippen molar-refractivity contribution in [2.24, 2.45) is 0 Å². The number of hydroxylamine groups is 2. The van der Waals surface area contributed by atoms with Gasteiger partial charge in [-0.05, 0) is 75.8 Å². The third-order valence-corrected chi connectivity index (χ3v) is 12.6. The molecule has 3 aliphatic rings. The number of aromatic nitrogens is 5. The fraction of sp³-hybridized carbons (Fsp3) is 0.400. The van der Waals surface area contributed by atoms with Crippen molar-refractivity contribution >= 4 is 39.5 Å². The van der Waals surface area contributed by atoms with Crippen LogP contribution in [0.1, 0.15) is 80.4 Å². The van der Waals surface area contributed by atoms with Crippen molar-refractivity contribution in [1.29, 1.82) is 0 Å². The van der Waals surface area contributed by atoms with Crippen LogP contribution >= 0.6 is 0 Å². The molecule has 3 amide bonds. The van der Waals surface area contributed by atoms with Crippen LogP contribution in [-0.4, -0.2) is 87.1 Å². The molecule has 3 aromatic carbocycles. The topological polar surface area (TPSA) is 176 Å². The number of nitrogens with one attached hydrogen (secondary N) is 5. The van der Waals surface area contributed by atoms with E-state index in [-0.39, 0.29) is 43.3 Å². The SMILES string of the molecule is CC1(C)CC(n2cc(CNC(=O)[C@@H](Cc3ccccc3)NC(=O)[C@@H]3Cc4c([nH]c5ccccc45)CN3C(=O)[C@@H]3Cc4c([nH]c5ccccc45)CN3)nn2)CC(C)(C)N1O. The third-order valence-electron chi connectivity index (χ3n) is 12.6. The molecule has 14 heteroatoms. The molecule has 0 radical (unpaired) electrons. The third kappa shape index (κ3) is 7.40. The molecule has 1 fully saturated rings. The molecule has 0 spiro atoms. The van der Waals surface area contributed by atoms with E-state index in [2.05, 4.69) is 42.3 Å². The minimum atomic E-state index is -0.932. The van der Waals surface area contributed by atoms with Gasteiger partial charge in [-0.1, -0.05) is 71.9 Å². The van der Waals surface area contributed by atoms with Gasteiger partial charge in [-0.15, -0.1) is 5.10 Å². The summed E-state index contributed by atoms with van der Waals surface area (Å²) in [5, 5.41) is 32.7. The maximum absolute atomic E-state index is 14.7. The number of rotatable bonds is 9.